The number of aliphatic hydroxyl groups is 1. The second kappa shape index (κ2) is 5.64. The summed E-state index contributed by atoms with van der Waals surface area (Å²) in [5, 5.41) is 19.2. The fourth-order valence-corrected chi connectivity index (χ4v) is 3.22. The smallest absolute Gasteiger partial charge is 0.204 e. The number of hydrogen-bond donors (Lipinski definition) is 1. The molecule has 1 aliphatic rings. The highest BCUT2D eigenvalue weighted by Crippen LogP contribution is 2.27. The van der Waals surface area contributed by atoms with Crippen molar-refractivity contribution in [2.45, 2.75) is 12.5 Å². The molecule has 1 aliphatic heterocycles. The van der Waals surface area contributed by atoms with E-state index in [0.29, 0.717) is 22.5 Å². The third-order valence-corrected chi connectivity index (χ3v) is 4.46. The van der Waals surface area contributed by atoms with Gasteiger partial charge in [0.15, 0.2) is 5.13 Å². The second-order valence-electron chi connectivity index (χ2n) is 4.92. The monoisotopic (exact) mass is 299 g/mol. The predicted octanol–water partition coefficient (Wildman–Crippen LogP) is 1.82. The lowest BCUT2D eigenvalue weighted by molar-refractivity contribution is 0.104. The summed E-state index contributed by atoms with van der Waals surface area (Å²) in [7, 11) is 0. The van der Waals surface area contributed by atoms with Crippen molar-refractivity contribution in [3.05, 3.63) is 46.5 Å². The molecule has 0 saturated carbocycles. The third-order valence-electron chi connectivity index (χ3n) is 3.41. The maximum atomic E-state index is 12.4. The number of carbonyl (C=O) groups is 1. The van der Waals surface area contributed by atoms with Crippen molar-refractivity contribution < 1.29 is 9.90 Å². The second-order valence-corrected chi connectivity index (χ2v) is 5.93. The van der Waals surface area contributed by atoms with Crippen molar-refractivity contribution in [1.29, 1.82) is 5.26 Å². The molecule has 21 heavy (non-hydrogen) atoms. The number of rotatable bonds is 3. The van der Waals surface area contributed by atoms with Gasteiger partial charge in [0.05, 0.1) is 28.8 Å². The number of benzene rings is 1. The highest BCUT2D eigenvalue weighted by atomic mass is 32.1. The lowest BCUT2D eigenvalue weighted by Crippen LogP contribution is -2.20. The van der Waals surface area contributed by atoms with Gasteiger partial charge in [0, 0.05) is 18.7 Å². The van der Waals surface area contributed by atoms with E-state index in [1.54, 1.807) is 30.5 Å². The number of carbonyl (C=O) groups excluding carboxylic acids is 1. The quantitative estimate of drug-likeness (QED) is 0.875. The summed E-state index contributed by atoms with van der Waals surface area (Å²) in [5.41, 5.74) is 0.957. The molecule has 106 valence electrons. The summed E-state index contributed by atoms with van der Waals surface area (Å²) in [6, 6.07) is 8.68. The van der Waals surface area contributed by atoms with Gasteiger partial charge in [-0.3, -0.25) is 4.79 Å². The van der Waals surface area contributed by atoms with Crippen LogP contribution in [0.2, 0.25) is 0 Å². The largest absolute Gasteiger partial charge is 0.391 e. The number of hydrogen-bond acceptors (Lipinski definition) is 6. The highest BCUT2D eigenvalue weighted by molar-refractivity contribution is 7.17. The van der Waals surface area contributed by atoms with E-state index in [1.165, 1.54) is 11.3 Å². The number of aliphatic hydroxyl groups excluding tert-OH is 1. The first-order valence-electron chi connectivity index (χ1n) is 6.61. The Balaban J connectivity index is 1.82. The zero-order chi connectivity index (χ0) is 14.8. The van der Waals surface area contributed by atoms with Crippen molar-refractivity contribution in [2.24, 2.45) is 0 Å². The molecule has 0 aliphatic carbocycles. The maximum Gasteiger partial charge on any atom is 0.204 e. The van der Waals surface area contributed by atoms with E-state index in [0.717, 1.165) is 18.1 Å². The first-order chi connectivity index (χ1) is 10.2. The average molecular weight is 299 g/mol. The molecule has 0 unspecified atom stereocenters. The minimum absolute atomic E-state index is 0.129. The summed E-state index contributed by atoms with van der Waals surface area (Å²) >= 11 is 1.32. The molecular weight excluding hydrogens is 286 g/mol. The molecule has 1 N–H and O–H groups in total. The van der Waals surface area contributed by atoms with Gasteiger partial charge in [-0.15, -0.1) is 0 Å². The molecule has 1 atom stereocenters. The summed E-state index contributed by atoms with van der Waals surface area (Å²) in [5.74, 6) is -0.129. The van der Waals surface area contributed by atoms with E-state index >= 15 is 0 Å². The normalized spacial score (nSPS) is 17.7. The molecule has 2 aromatic rings. The molecule has 1 fully saturated rings. The first kappa shape index (κ1) is 13.7. The van der Waals surface area contributed by atoms with E-state index < -0.39 is 0 Å². The number of β-amino-alcohol motifs (C(OH)–C–C–N with tert-alkyl or cyclic N) is 1. The van der Waals surface area contributed by atoms with Crippen molar-refractivity contribution in [3.8, 4) is 6.07 Å². The maximum absolute atomic E-state index is 12.4. The zero-order valence-corrected chi connectivity index (χ0v) is 12.0. The molecule has 5 nitrogen and oxygen atoms in total. The molecule has 3 rings (SSSR count). The number of nitrogens with zero attached hydrogens (tertiary/aromatic N) is 3. The third kappa shape index (κ3) is 2.79. The lowest BCUT2D eigenvalue weighted by atomic mass is 10.1. The molecule has 1 saturated heterocycles. The van der Waals surface area contributed by atoms with E-state index in [1.807, 2.05) is 11.0 Å². The Morgan fingerprint density at radius 2 is 2.38 bits per heavy atom. The molecule has 0 spiro atoms. The van der Waals surface area contributed by atoms with Gasteiger partial charge in [-0.05, 0) is 18.6 Å². The van der Waals surface area contributed by atoms with Gasteiger partial charge in [-0.25, -0.2) is 4.98 Å². The van der Waals surface area contributed by atoms with Crippen LogP contribution in [0, 0.1) is 11.3 Å². The highest BCUT2D eigenvalue weighted by Gasteiger charge is 2.23. The van der Waals surface area contributed by atoms with Crippen LogP contribution in [-0.2, 0) is 0 Å². The Morgan fingerprint density at radius 3 is 3.10 bits per heavy atom. The minimum Gasteiger partial charge on any atom is -0.391 e. The van der Waals surface area contributed by atoms with Crippen LogP contribution >= 0.6 is 11.3 Å². The molecule has 0 radical (unpaired) electrons. The van der Waals surface area contributed by atoms with Crippen LogP contribution in [0.4, 0.5) is 5.13 Å². The van der Waals surface area contributed by atoms with Gasteiger partial charge in [0.1, 0.15) is 0 Å². The minimum atomic E-state index is -0.319. The van der Waals surface area contributed by atoms with Crippen molar-refractivity contribution in [3.63, 3.8) is 0 Å². The molecule has 0 bridgehead atoms. The fraction of sp³-hybridized carbons (Fsp3) is 0.267. The average Bonchev–Trinajstić information content (AvgIpc) is 3.15. The van der Waals surface area contributed by atoms with Crippen molar-refractivity contribution in [2.75, 3.05) is 18.0 Å². The van der Waals surface area contributed by atoms with Crippen LogP contribution in [0.1, 0.15) is 27.2 Å². The van der Waals surface area contributed by atoms with Crippen LogP contribution in [0.25, 0.3) is 0 Å². The number of thiazole rings is 1. The van der Waals surface area contributed by atoms with Crippen molar-refractivity contribution >= 4 is 22.3 Å². The number of aromatic nitrogens is 1. The van der Waals surface area contributed by atoms with Crippen LogP contribution in [0.3, 0.4) is 0 Å². The summed E-state index contributed by atoms with van der Waals surface area (Å²) < 4.78 is 0. The zero-order valence-electron chi connectivity index (χ0n) is 11.2. The van der Waals surface area contributed by atoms with E-state index in [9.17, 15) is 9.90 Å². The van der Waals surface area contributed by atoms with Gasteiger partial charge in [-0.2, -0.15) is 5.26 Å². The number of nitriles is 1. The number of anilines is 1. The summed E-state index contributed by atoms with van der Waals surface area (Å²) in [4.78, 5) is 19.2. The van der Waals surface area contributed by atoms with Gasteiger partial charge in [0.2, 0.25) is 5.78 Å². The predicted molar refractivity (Wildman–Crippen MR) is 79.5 cm³/mol. The van der Waals surface area contributed by atoms with Crippen LogP contribution in [0.15, 0.2) is 30.5 Å². The molecular formula is C15H13N3O2S. The standard InChI is InChI=1S/C15H13N3O2S/c16-7-10-2-1-3-11(6-10)14(20)13-8-17-15(21-13)18-5-4-12(19)9-18/h1-3,6,8,12,19H,4-5,9H2/t12-/m1/s1. The van der Waals surface area contributed by atoms with E-state index in [2.05, 4.69) is 4.98 Å². The Morgan fingerprint density at radius 1 is 1.52 bits per heavy atom. The molecule has 1 aromatic carbocycles. The van der Waals surface area contributed by atoms with Gasteiger partial charge >= 0.3 is 0 Å². The van der Waals surface area contributed by atoms with Crippen LogP contribution < -0.4 is 4.90 Å². The van der Waals surface area contributed by atoms with E-state index in [4.69, 9.17) is 5.26 Å². The summed E-state index contributed by atoms with van der Waals surface area (Å²) in [6.07, 6.45) is 1.97. The topological polar surface area (TPSA) is 77.2 Å². The van der Waals surface area contributed by atoms with Gasteiger partial charge in [0.25, 0.3) is 0 Å². The molecule has 1 aromatic heterocycles. The van der Waals surface area contributed by atoms with Gasteiger partial charge < -0.3 is 10.0 Å². The molecule has 0 amide bonds. The van der Waals surface area contributed by atoms with Crippen LogP contribution in [0.5, 0.6) is 0 Å². The van der Waals surface area contributed by atoms with Gasteiger partial charge in [-0.1, -0.05) is 23.5 Å². The lowest BCUT2D eigenvalue weighted by Gasteiger charge is -2.12. The van der Waals surface area contributed by atoms with E-state index in [-0.39, 0.29) is 11.9 Å². The first-order valence-corrected chi connectivity index (χ1v) is 7.43. The molecule has 6 heteroatoms. The summed E-state index contributed by atoms with van der Waals surface area (Å²) in [6.45, 7) is 1.32. The molecule has 2 heterocycles. The number of ketones is 1. The SMILES string of the molecule is N#Cc1cccc(C(=O)c2cnc(N3CC[C@@H](O)C3)s2)c1. The Bertz CT molecular complexity index is 720. The van der Waals surface area contributed by atoms with Crippen LogP contribution in [-0.4, -0.2) is 35.1 Å². The Labute approximate surface area is 126 Å². The fourth-order valence-electron chi connectivity index (χ4n) is 2.30. The Hall–Kier alpha value is -2.23. The Kier molecular flexibility index (Phi) is 3.69. The van der Waals surface area contributed by atoms with Crippen molar-refractivity contribution in [1.82, 2.24) is 4.98 Å².